The molecule has 0 aliphatic rings. The van der Waals surface area contributed by atoms with Crippen molar-refractivity contribution in [1.82, 2.24) is 15.1 Å². The van der Waals surface area contributed by atoms with Crippen LogP contribution in [0.4, 0.5) is 4.39 Å². The molecule has 0 saturated carbocycles. The maximum Gasteiger partial charge on any atom is 0.276 e. The lowest BCUT2D eigenvalue weighted by Gasteiger charge is -2.23. The summed E-state index contributed by atoms with van der Waals surface area (Å²) in [5.41, 5.74) is 4.64. The van der Waals surface area contributed by atoms with Crippen molar-refractivity contribution >= 4 is 18.3 Å². The zero-order chi connectivity index (χ0) is 17.2. The minimum atomic E-state index is -0.682. The smallest absolute Gasteiger partial charge is 0.276 e. The van der Waals surface area contributed by atoms with Gasteiger partial charge < -0.3 is 11.1 Å². The first kappa shape index (κ1) is 19.8. The standard InChI is InChI=1S/C16H19FN4O2.ClH/c1-10-8-13(22)14(15(23)19-16(2,3)9-18)20-21(10)12-7-5-4-6-11(12)17;/h4-8H,9,18H2,1-3H3,(H,19,23);1H. The van der Waals surface area contributed by atoms with E-state index in [1.807, 2.05) is 0 Å². The second kappa shape index (κ2) is 7.55. The summed E-state index contributed by atoms with van der Waals surface area (Å²) in [6.07, 6.45) is 0. The van der Waals surface area contributed by atoms with Crippen molar-refractivity contribution < 1.29 is 9.18 Å². The van der Waals surface area contributed by atoms with E-state index < -0.39 is 22.7 Å². The Balaban J connectivity index is 0.00000288. The van der Waals surface area contributed by atoms with Crippen molar-refractivity contribution in [1.29, 1.82) is 0 Å². The molecule has 130 valence electrons. The topological polar surface area (TPSA) is 90.0 Å². The maximum absolute atomic E-state index is 14.0. The van der Waals surface area contributed by atoms with Gasteiger partial charge in [-0.05, 0) is 32.9 Å². The van der Waals surface area contributed by atoms with Crippen LogP contribution >= 0.6 is 12.4 Å². The van der Waals surface area contributed by atoms with E-state index in [0.717, 1.165) is 0 Å². The number of aromatic nitrogens is 2. The summed E-state index contributed by atoms with van der Waals surface area (Å²) in [6, 6.07) is 7.25. The zero-order valence-corrected chi connectivity index (χ0v) is 14.5. The van der Waals surface area contributed by atoms with E-state index in [0.29, 0.717) is 5.69 Å². The number of benzene rings is 1. The molecule has 6 nitrogen and oxygen atoms in total. The van der Waals surface area contributed by atoms with Gasteiger partial charge in [-0.25, -0.2) is 9.07 Å². The lowest BCUT2D eigenvalue weighted by atomic mass is 10.1. The molecule has 0 saturated heterocycles. The van der Waals surface area contributed by atoms with Gasteiger partial charge in [-0.1, -0.05) is 12.1 Å². The van der Waals surface area contributed by atoms with Crippen molar-refractivity contribution in [2.24, 2.45) is 5.73 Å². The van der Waals surface area contributed by atoms with Gasteiger partial charge in [-0.2, -0.15) is 5.10 Å². The number of nitrogens with two attached hydrogens (primary N) is 1. The highest BCUT2D eigenvalue weighted by atomic mass is 35.5. The molecule has 2 rings (SSSR count). The Bertz CT molecular complexity index is 805. The number of nitrogens with zero attached hydrogens (tertiary/aromatic N) is 2. The van der Waals surface area contributed by atoms with Crippen LogP contribution in [0.1, 0.15) is 30.0 Å². The van der Waals surface area contributed by atoms with E-state index in [1.54, 1.807) is 32.9 Å². The third-order valence-corrected chi connectivity index (χ3v) is 3.37. The fourth-order valence-electron chi connectivity index (χ4n) is 1.99. The number of carbonyl (C=O) groups excluding carboxylic acids is 1. The molecule has 1 heterocycles. The fourth-order valence-corrected chi connectivity index (χ4v) is 1.99. The average Bonchev–Trinajstić information content (AvgIpc) is 2.48. The van der Waals surface area contributed by atoms with Crippen LogP contribution < -0.4 is 16.5 Å². The maximum atomic E-state index is 14.0. The molecular weight excluding hydrogens is 335 g/mol. The molecule has 8 heteroatoms. The number of aryl methyl sites for hydroxylation is 1. The van der Waals surface area contributed by atoms with Crippen molar-refractivity contribution in [2.75, 3.05) is 6.54 Å². The van der Waals surface area contributed by atoms with Crippen LogP contribution in [0.25, 0.3) is 5.69 Å². The highest BCUT2D eigenvalue weighted by Gasteiger charge is 2.23. The van der Waals surface area contributed by atoms with Gasteiger partial charge >= 0.3 is 0 Å². The summed E-state index contributed by atoms with van der Waals surface area (Å²) >= 11 is 0. The molecule has 1 aromatic carbocycles. The number of carbonyl (C=O) groups is 1. The van der Waals surface area contributed by atoms with Crippen molar-refractivity contribution in [3.63, 3.8) is 0 Å². The van der Waals surface area contributed by atoms with Crippen LogP contribution in [0.5, 0.6) is 0 Å². The van der Waals surface area contributed by atoms with Gasteiger partial charge in [0.15, 0.2) is 5.69 Å². The number of hydrogen-bond acceptors (Lipinski definition) is 4. The third-order valence-electron chi connectivity index (χ3n) is 3.37. The zero-order valence-electron chi connectivity index (χ0n) is 13.7. The summed E-state index contributed by atoms with van der Waals surface area (Å²) < 4.78 is 15.2. The monoisotopic (exact) mass is 354 g/mol. The summed E-state index contributed by atoms with van der Waals surface area (Å²) in [7, 11) is 0. The van der Waals surface area contributed by atoms with E-state index in [2.05, 4.69) is 10.4 Å². The number of para-hydroxylation sites is 1. The second-order valence-corrected chi connectivity index (χ2v) is 5.90. The van der Waals surface area contributed by atoms with Gasteiger partial charge in [0.25, 0.3) is 5.91 Å². The molecule has 0 unspecified atom stereocenters. The average molecular weight is 355 g/mol. The lowest BCUT2D eigenvalue weighted by molar-refractivity contribution is 0.0907. The molecule has 0 bridgehead atoms. The van der Waals surface area contributed by atoms with Gasteiger partial charge in [0, 0.05) is 23.8 Å². The van der Waals surface area contributed by atoms with Crippen LogP contribution in [0.3, 0.4) is 0 Å². The molecule has 24 heavy (non-hydrogen) atoms. The number of rotatable bonds is 4. The van der Waals surface area contributed by atoms with Crippen LogP contribution in [0.2, 0.25) is 0 Å². The van der Waals surface area contributed by atoms with E-state index in [1.165, 1.54) is 22.9 Å². The van der Waals surface area contributed by atoms with E-state index in [9.17, 15) is 14.0 Å². The van der Waals surface area contributed by atoms with Crippen molar-refractivity contribution in [3.8, 4) is 5.69 Å². The normalized spacial score (nSPS) is 10.9. The van der Waals surface area contributed by atoms with Crippen molar-refractivity contribution in [2.45, 2.75) is 26.3 Å². The Morgan fingerprint density at radius 3 is 2.58 bits per heavy atom. The quantitative estimate of drug-likeness (QED) is 0.872. The molecule has 0 aliphatic carbocycles. The molecule has 1 aromatic heterocycles. The highest BCUT2D eigenvalue weighted by molar-refractivity contribution is 5.92. The Morgan fingerprint density at radius 2 is 2.00 bits per heavy atom. The first-order valence-electron chi connectivity index (χ1n) is 7.13. The predicted molar refractivity (Wildman–Crippen MR) is 92.4 cm³/mol. The van der Waals surface area contributed by atoms with Gasteiger partial charge in [-0.15, -0.1) is 12.4 Å². The summed E-state index contributed by atoms with van der Waals surface area (Å²) in [5, 5.41) is 6.67. The van der Waals surface area contributed by atoms with E-state index in [4.69, 9.17) is 5.73 Å². The van der Waals surface area contributed by atoms with E-state index in [-0.39, 0.29) is 30.3 Å². The van der Waals surface area contributed by atoms with Crippen molar-refractivity contribution in [3.05, 3.63) is 57.8 Å². The highest BCUT2D eigenvalue weighted by Crippen LogP contribution is 2.13. The van der Waals surface area contributed by atoms with E-state index >= 15 is 0 Å². The summed E-state index contributed by atoms with van der Waals surface area (Å²) in [4.78, 5) is 24.3. The lowest BCUT2D eigenvalue weighted by Crippen LogP contribution is -2.50. The van der Waals surface area contributed by atoms with Gasteiger partial charge in [0.2, 0.25) is 5.43 Å². The fraction of sp³-hybridized carbons (Fsp3) is 0.312. The largest absolute Gasteiger partial charge is 0.344 e. The molecule has 1 amide bonds. The minimum Gasteiger partial charge on any atom is -0.344 e. The van der Waals surface area contributed by atoms with Crippen LogP contribution in [-0.2, 0) is 0 Å². The number of nitrogens with one attached hydrogen (secondary N) is 1. The Labute approximate surface area is 145 Å². The van der Waals surface area contributed by atoms with Gasteiger partial charge in [0.05, 0.1) is 0 Å². The van der Waals surface area contributed by atoms with Crippen LogP contribution in [-0.4, -0.2) is 27.8 Å². The van der Waals surface area contributed by atoms with Gasteiger partial charge in [0.1, 0.15) is 11.5 Å². The second-order valence-electron chi connectivity index (χ2n) is 5.90. The van der Waals surface area contributed by atoms with Crippen LogP contribution in [0.15, 0.2) is 35.1 Å². The SMILES string of the molecule is Cc1cc(=O)c(C(=O)NC(C)(C)CN)nn1-c1ccccc1F.Cl. The summed E-state index contributed by atoms with van der Waals surface area (Å²) in [6.45, 7) is 5.28. The molecule has 0 radical (unpaired) electrons. The molecule has 0 spiro atoms. The van der Waals surface area contributed by atoms with Gasteiger partial charge in [-0.3, -0.25) is 9.59 Å². The molecule has 2 aromatic rings. The molecule has 0 fully saturated rings. The number of amides is 1. The number of halogens is 2. The summed E-state index contributed by atoms with van der Waals surface area (Å²) in [5.74, 6) is -1.14. The minimum absolute atomic E-state index is 0. The molecule has 0 aliphatic heterocycles. The predicted octanol–water partition coefficient (Wildman–Crippen LogP) is 1.57. The number of hydrogen-bond donors (Lipinski definition) is 2. The Morgan fingerprint density at radius 1 is 1.38 bits per heavy atom. The molecular formula is C16H20ClFN4O2. The molecule has 3 N–H and O–H groups in total. The first-order chi connectivity index (χ1) is 10.7. The third kappa shape index (κ3) is 4.18. The Hall–Kier alpha value is -2.25. The molecule has 0 atom stereocenters. The Kier molecular flexibility index (Phi) is 6.22. The van der Waals surface area contributed by atoms with Crippen LogP contribution in [0, 0.1) is 12.7 Å². The first-order valence-corrected chi connectivity index (χ1v) is 7.13.